The van der Waals surface area contributed by atoms with Gasteiger partial charge < -0.3 is 9.31 Å². The van der Waals surface area contributed by atoms with Gasteiger partial charge in [0.2, 0.25) is 0 Å². The first-order valence-electron chi connectivity index (χ1n) is 33.5. The first kappa shape index (κ1) is 64.1. The highest BCUT2D eigenvalue weighted by atomic mass is 35.5. The van der Waals surface area contributed by atoms with Gasteiger partial charge in [-0.15, -0.1) is 0 Å². The topological polar surface area (TPSA) is 118 Å². The van der Waals surface area contributed by atoms with Gasteiger partial charge in [0.05, 0.1) is 39.1 Å². The van der Waals surface area contributed by atoms with Gasteiger partial charge in [0.1, 0.15) is 23.3 Å². The largest absolute Gasteiger partial charge is 0.494 e. The molecule has 0 unspecified atom stereocenters. The zero-order chi connectivity index (χ0) is 68.4. The molecule has 17 rings (SSSR count). The van der Waals surface area contributed by atoms with E-state index in [0.29, 0.717) is 39.9 Å². The third-order valence-corrected chi connectivity index (χ3v) is 20.2. The van der Waals surface area contributed by atoms with Crippen LogP contribution in [0.4, 0.5) is 0 Å². The van der Waals surface area contributed by atoms with Crippen LogP contribution in [0.2, 0.25) is 5.15 Å². The molecule has 0 spiro atoms. The van der Waals surface area contributed by atoms with Gasteiger partial charge in [-0.1, -0.05) is 333 Å². The van der Waals surface area contributed by atoms with Crippen molar-refractivity contribution < 1.29 is 9.31 Å². The van der Waals surface area contributed by atoms with Crippen LogP contribution < -0.4 is 5.46 Å². The monoisotopic (exact) mass is 1310 g/mol. The number of hydrogen-bond donors (Lipinski definition) is 0. The van der Waals surface area contributed by atoms with Crippen molar-refractivity contribution in [2.75, 3.05) is 0 Å². The van der Waals surface area contributed by atoms with E-state index in [1.165, 1.54) is 66.8 Å². The first-order chi connectivity index (χ1) is 48.9. The third kappa shape index (κ3) is 11.3. The number of fused-ring (bicyclic) bond motifs is 6. The van der Waals surface area contributed by atoms with Crippen molar-refractivity contribution in [2.45, 2.75) is 49.7 Å². The molecular weight excluding hydrogens is 1240 g/mol. The van der Waals surface area contributed by atoms with E-state index in [2.05, 4.69) is 256 Å². The molecular formula is C90H66BClN6O2. The van der Waals surface area contributed by atoms with Gasteiger partial charge in [-0.25, -0.2) is 19.9 Å². The summed E-state index contributed by atoms with van der Waals surface area (Å²) in [6.45, 7) is 8.42. The highest BCUT2D eigenvalue weighted by molar-refractivity contribution is 6.62. The zero-order valence-electron chi connectivity index (χ0n) is 55.6. The Bertz CT molecular complexity index is 5310. The van der Waals surface area contributed by atoms with Gasteiger partial charge >= 0.3 is 7.12 Å². The second-order valence-electron chi connectivity index (χ2n) is 26.1. The van der Waals surface area contributed by atoms with E-state index in [1.54, 1.807) is 0 Å². The average Bonchev–Trinajstić information content (AvgIpc) is 1.54. The Hall–Kier alpha value is -11.9. The summed E-state index contributed by atoms with van der Waals surface area (Å²) in [6, 6.07) is 118. The summed E-state index contributed by atoms with van der Waals surface area (Å²) in [4.78, 5) is 18.8. The van der Waals surface area contributed by atoms with Crippen molar-refractivity contribution in [3.05, 3.63) is 388 Å². The molecule has 2 aromatic heterocycles. The van der Waals surface area contributed by atoms with Crippen molar-refractivity contribution in [3.63, 3.8) is 0 Å². The van der Waals surface area contributed by atoms with Crippen molar-refractivity contribution in [3.8, 4) is 90.9 Å². The fourth-order valence-corrected chi connectivity index (χ4v) is 14.7. The molecule has 3 heterocycles. The zero-order valence-corrected chi connectivity index (χ0v) is 56.4. The Morgan fingerprint density at radius 3 is 1.02 bits per heavy atom. The molecule has 1 aliphatic heterocycles. The maximum Gasteiger partial charge on any atom is 0.494 e. The Kier molecular flexibility index (Phi) is 17.2. The number of halogens is 1. The number of hydrogen-bond acceptors (Lipinski definition) is 8. The molecule has 0 saturated carbocycles. The molecule has 2 aliphatic carbocycles. The molecule has 100 heavy (non-hydrogen) atoms. The summed E-state index contributed by atoms with van der Waals surface area (Å²) >= 11 is 6.16. The van der Waals surface area contributed by atoms with Gasteiger partial charge in [-0.2, -0.15) is 10.5 Å². The van der Waals surface area contributed by atoms with Crippen LogP contribution in [-0.4, -0.2) is 38.3 Å². The minimum Gasteiger partial charge on any atom is -0.399 e. The van der Waals surface area contributed by atoms with Crippen molar-refractivity contribution >= 4 is 24.2 Å². The normalized spacial score (nSPS) is 14.2. The quantitative estimate of drug-likeness (QED) is 0.0981. The first-order valence-corrected chi connectivity index (χ1v) is 33.9. The fraction of sp³-hybridized carbons (Fsp3) is 0.0889. The summed E-state index contributed by atoms with van der Waals surface area (Å²) in [7, 11) is -0.400. The highest BCUT2D eigenvalue weighted by Gasteiger charge is 2.53. The van der Waals surface area contributed by atoms with Gasteiger partial charge in [-0.05, 0) is 106 Å². The van der Waals surface area contributed by atoms with Crippen LogP contribution in [0, 0.1) is 22.7 Å². The lowest BCUT2D eigenvalue weighted by molar-refractivity contribution is 0.00578. The van der Waals surface area contributed by atoms with Gasteiger partial charge in [-0.3, -0.25) is 0 Å². The lowest BCUT2D eigenvalue weighted by Gasteiger charge is -2.34. The molecule has 478 valence electrons. The van der Waals surface area contributed by atoms with Crippen LogP contribution in [-0.2, 0) is 20.1 Å². The number of benzene rings is 12. The van der Waals surface area contributed by atoms with Crippen molar-refractivity contribution in [2.24, 2.45) is 0 Å². The van der Waals surface area contributed by atoms with E-state index < -0.39 is 17.9 Å². The summed E-state index contributed by atoms with van der Waals surface area (Å²) in [6.07, 6.45) is 0. The van der Waals surface area contributed by atoms with Gasteiger partial charge in [0.25, 0.3) is 0 Å². The van der Waals surface area contributed by atoms with Crippen LogP contribution in [0.5, 0.6) is 0 Å². The van der Waals surface area contributed by atoms with E-state index in [0.717, 1.165) is 33.3 Å². The van der Waals surface area contributed by atoms with E-state index >= 15 is 0 Å². The minimum absolute atomic E-state index is 0.171. The van der Waals surface area contributed by atoms with E-state index in [4.69, 9.17) is 30.9 Å². The molecule has 1 saturated heterocycles. The summed E-state index contributed by atoms with van der Waals surface area (Å²) in [5, 5.41) is 20.1. The second kappa shape index (κ2) is 26.8. The van der Waals surface area contributed by atoms with Crippen LogP contribution in [0.3, 0.4) is 0 Å². The van der Waals surface area contributed by atoms with Crippen LogP contribution in [0.25, 0.3) is 78.8 Å². The molecule has 10 heteroatoms. The van der Waals surface area contributed by atoms with E-state index in [1.807, 2.05) is 121 Å². The average molecular weight is 1310 g/mol. The minimum atomic E-state index is -0.547. The Morgan fingerprint density at radius 1 is 0.310 bits per heavy atom. The van der Waals surface area contributed by atoms with Crippen LogP contribution in [0.1, 0.15) is 83.3 Å². The maximum absolute atomic E-state index is 10.6. The van der Waals surface area contributed by atoms with Crippen LogP contribution >= 0.6 is 11.6 Å². The summed E-state index contributed by atoms with van der Waals surface area (Å²) < 4.78 is 12.9. The molecule has 12 aromatic carbocycles. The van der Waals surface area contributed by atoms with E-state index in [-0.39, 0.29) is 16.4 Å². The third-order valence-electron chi connectivity index (χ3n) is 19.9. The second-order valence-corrected chi connectivity index (χ2v) is 26.4. The highest BCUT2D eigenvalue weighted by Crippen LogP contribution is 2.58. The molecule has 14 aromatic rings. The predicted molar refractivity (Wildman–Crippen MR) is 402 cm³/mol. The van der Waals surface area contributed by atoms with Crippen molar-refractivity contribution in [1.29, 1.82) is 10.5 Å². The molecule has 0 atom stereocenters. The number of nitriles is 2. The number of rotatable bonds is 10. The van der Waals surface area contributed by atoms with Crippen LogP contribution in [0.15, 0.2) is 328 Å². The molecule has 1 fully saturated rings. The predicted octanol–water partition coefficient (Wildman–Crippen LogP) is 20.4. The summed E-state index contributed by atoms with van der Waals surface area (Å²) in [5.41, 5.74) is 21.1. The molecule has 3 aliphatic rings. The number of aromatic nitrogens is 4. The Balaban J connectivity index is 0.000000130. The molecule has 8 nitrogen and oxygen atoms in total. The Morgan fingerprint density at radius 2 is 0.620 bits per heavy atom. The summed E-state index contributed by atoms with van der Waals surface area (Å²) in [5.74, 6) is 1.10. The molecule has 0 radical (unpaired) electrons. The SMILES string of the molecule is CC1(C)OB(c2ccc3c(c2)C(c2ccccc2)(c2ccccc2)c2ccccc2-3)OC1(C)C.N#Cc1c(-c2ccccc2)nc(-c2ccccc2)nc1-c1ccc2c(c1)C(c1ccccc1)(c1ccccc1)c1ccccc1-2.N#Cc1c(Cl)nc(-c2ccccc2)nc1-c1ccccc1. The lowest BCUT2D eigenvalue weighted by Crippen LogP contribution is -2.41. The molecule has 0 bridgehead atoms. The molecule has 0 N–H and O–H groups in total. The standard InChI is InChI=1S/C42H27N3.C31H29BO2.C17H10ClN3/c43-28-36-39(29-15-5-1-6-16-29)44-41(30-17-7-2-8-18-30)45-40(36)31-25-26-35-34-23-13-14-24-37(34)42(38(35)27-31,32-19-9-3-10-20-32)33-21-11-4-12-22-33;1-29(2)30(3,4)34-32(33-29)24-19-20-26-25-17-11-12-18-27(25)31(28(26)21-24,22-13-7-5-8-14-22)23-15-9-6-10-16-23;18-16-14(11-19)15(12-7-3-1-4-8-12)20-17(21-16)13-9-5-2-6-10-13/h1-27H;5-21H,1-4H3;1-10H. The Labute approximate surface area is 589 Å². The van der Waals surface area contributed by atoms with Gasteiger partial charge in [0.15, 0.2) is 16.8 Å². The fourth-order valence-electron chi connectivity index (χ4n) is 14.5. The van der Waals surface area contributed by atoms with E-state index in [9.17, 15) is 10.5 Å². The smallest absolute Gasteiger partial charge is 0.399 e. The lowest BCUT2D eigenvalue weighted by atomic mass is 9.66. The number of nitrogens with zero attached hydrogens (tertiary/aromatic N) is 6. The van der Waals surface area contributed by atoms with Gasteiger partial charge in [0, 0.05) is 27.8 Å². The molecule has 0 amide bonds. The maximum atomic E-state index is 10.6. The van der Waals surface area contributed by atoms with Crippen molar-refractivity contribution in [1.82, 2.24) is 19.9 Å².